The summed E-state index contributed by atoms with van der Waals surface area (Å²) in [5.74, 6) is -0.0280. The molecule has 0 bridgehead atoms. The van der Waals surface area contributed by atoms with Crippen LogP contribution in [0.25, 0.3) is 22.6 Å². The minimum absolute atomic E-state index is 0.249. The minimum atomic E-state index is -0.765. The number of H-pyrrole nitrogens is 1. The lowest BCUT2D eigenvalue weighted by atomic mass is 10.1. The second kappa shape index (κ2) is 9.90. The molecular formula is C24H28N6O4. The first-order valence-electron chi connectivity index (χ1n) is 11.5. The quantitative estimate of drug-likeness (QED) is 0.381. The van der Waals surface area contributed by atoms with Gasteiger partial charge in [0.15, 0.2) is 11.7 Å². The van der Waals surface area contributed by atoms with Gasteiger partial charge in [0.2, 0.25) is 0 Å². The van der Waals surface area contributed by atoms with Crippen LogP contribution in [0.5, 0.6) is 0 Å². The lowest BCUT2D eigenvalue weighted by molar-refractivity contribution is -0.146. The first-order chi connectivity index (χ1) is 16.5. The van der Waals surface area contributed by atoms with Crippen LogP contribution in [0.4, 0.5) is 0 Å². The van der Waals surface area contributed by atoms with Gasteiger partial charge in [0, 0.05) is 19.3 Å². The standard InChI is InChI=1S/C24H28N6O4/c1-4-12-28-21-18(22(31)29(13-5-2)24(28)33)26-20(27-21)17-14-25-30(15-17)19(23(32)34-6-3)16-10-8-7-9-11-16/h7-11,14-15,19H,4-6,12-13H2,1-3H3,(H,26,27). The Morgan fingerprint density at radius 3 is 2.44 bits per heavy atom. The highest BCUT2D eigenvalue weighted by atomic mass is 16.5. The molecule has 0 aliphatic heterocycles. The average molecular weight is 465 g/mol. The third kappa shape index (κ3) is 4.18. The number of rotatable bonds is 9. The molecule has 34 heavy (non-hydrogen) atoms. The van der Waals surface area contributed by atoms with Gasteiger partial charge in [-0.2, -0.15) is 5.10 Å². The number of aryl methyl sites for hydroxylation is 1. The lowest BCUT2D eigenvalue weighted by Gasteiger charge is -2.16. The zero-order valence-corrected chi connectivity index (χ0v) is 19.5. The predicted octanol–water partition coefficient (Wildman–Crippen LogP) is 2.72. The van der Waals surface area contributed by atoms with Crippen LogP contribution in [0.15, 0.2) is 52.3 Å². The zero-order chi connectivity index (χ0) is 24.2. The third-order valence-electron chi connectivity index (χ3n) is 5.52. The molecule has 10 nitrogen and oxygen atoms in total. The van der Waals surface area contributed by atoms with Crippen molar-refractivity contribution in [1.82, 2.24) is 28.9 Å². The van der Waals surface area contributed by atoms with E-state index in [9.17, 15) is 14.4 Å². The number of aromatic amines is 1. The van der Waals surface area contributed by atoms with E-state index >= 15 is 0 Å². The molecule has 0 aliphatic rings. The van der Waals surface area contributed by atoms with Crippen LogP contribution in [-0.4, -0.2) is 41.5 Å². The molecule has 4 rings (SSSR count). The molecule has 10 heteroatoms. The van der Waals surface area contributed by atoms with E-state index in [1.54, 1.807) is 19.3 Å². The predicted molar refractivity (Wildman–Crippen MR) is 128 cm³/mol. The maximum atomic E-state index is 13.0. The van der Waals surface area contributed by atoms with Crippen molar-refractivity contribution in [2.45, 2.75) is 52.7 Å². The summed E-state index contributed by atoms with van der Waals surface area (Å²) in [4.78, 5) is 46.3. The van der Waals surface area contributed by atoms with Gasteiger partial charge in [-0.3, -0.25) is 18.6 Å². The Kier molecular flexibility index (Phi) is 6.76. The molecule has 1 atom stereocenters. The van der Waals surface area contributed by atoms with E-state index in [-0.39, 0.29) is 17.8 Å². The van der Waals surface area contributed by atoms with Crippen molar-refractivity contribution in [3.8, 4) is 11.4 Å². The van der Waals surface area contributed by atoms with Crippen molar-refractivity contribution in [3.05, 3.63) is 69.1 Å². The summed E-state index contributed by atoms with van der Waals surface area (Å²) in [5, 5.41) is 4.39. The van der Waals surface area contributed by atoms with E-state index in [0.29, 0.717) is 36.5 Å². The Balaban J connectivity index is 1.82. The first kappa shape index (κ1) is 23.2. The molecule has 0 saturated heterocycles. The van der Waals surface area contributed by atoms with Crippen LogP contribution in [-0.2, 0) is 22.6 Å². The van der Waals surface area contributed by atoms with Gasteiger partial charge >= 0.3 is 11.7 Å². The number of benzene rings is 1. The fraction of sp³-hybridized carbons (Fsp3) is 0.375. The SMILES string of the molecule is CCCn1c(=O)c2[nH]c(-c3cnn(C(C(=O)OCC)c4ccccc4)c3)nc2n(CCC)c1=O. The van der Waals surface area contributed by atoms with Crippen molar-refractivity contribution in [1.29, 1.82) is 0 Å². The van der Waals surface area contributed by atoms with Gasteiger partial charge in [0.05, 0.1) is 18.4 Å². The number of hydrogen-bond donors (Lipinski definition) is 1. The Morgan fingerprint density at radius 1 is 1.06 bits per heavy atom. The van der Waals surface area contributed by atoms with Gasteiger partial charge in [-0.05, 0) is 25.3 Å². The number of esters is 1. The summed E-state index contributed by atoms with van der Waals surface area (Å²) < 4.78 is 9.57. The number of carbonyl (C=O) groups is 1. The number of nitrogens with zero attached hydrogens (tertiary/aromatic N) is 5. The third-order valence-corrected chi connectivity index (χ3v) is 5.52. The molecule has 4 aromatic rings. The van der Waals surface area contributed by atoms with Crippen LogP contribution in [0, 0.1) is 0 Å². The van der Waals surface area contributed by atoms with E-state index in [1.165, 1.54) is 13.8 Å². The Hall–Kier alpha value is -3.95. The number of aromatic nitrogens is 6. The largest absolute Gasteiger partial charge is 0.464 e. The number of hydrogen-bond acceptors (Lipinski definition) is 6. The van der Waals surface area contributed by atoms with E-state index in [0.717, 1.165) is 12.0 Å². The van der Waals surface area contributed by atoms with Crippen LogP contribution in [0.3, 0.4) is 0 Å². The Labute approximate surface area is 195 Å². The van der Waals surface area contributed by atoms with E-state index in [1.807, 2.05) is 44.2 Å². The summed E-state index contributed by atoms with van der Waals surface area (Å²) in [6.45, 7) is 6.66. The summed E-state index contributed by atoms with van der Waals surface area (Å²) in [6, 6.07) is 8.47. The number of imidazole rings is 1. The second-order valence-electron chi connectivity index (χ2n) is 7.95. The van der Waals surface area contributed by atoms with Crippen molar-refractivity contribution >= 4 is 17.1 Å². The van der Waals surface area contributed by atoms with Crippen molar-refractivity contribution in [2.24, 2.45) is 0 Å². The van der Waals surface area contributed by atoms with E-state index in [4.69, 9.17) is 4.74 Å². The Morgan fingerprint density at radius 2 is 1.76 bits per heavy atom. The van der Waals surface area contributed by atoms with Gasteiger partial charge in [-0.25, -0.2) is 14.6 Å². The van der Waals surface area contributed by atoms with Crippen molar-refractivity contribution < 1.29 is 9.53 Å². The normalized spacial score (nSPS) is 12.2. The number of fused-ring (bicyclic) bond motifs is 1. The first-order valence-corrected chi connectivity index (χ1v) is 11.5. The average Bonchev–Trinajstić information content (AvgIpc) is 3.49. The smallest absolute Gasteiger partial charge is 0.335 e. The fourth-order valence-electron chi connectivity index (χ4n) is 4.00. The maximum Gasteiger partial charge on any atom is 0.335 e. The minimum Gasteiger partial charge on any atom is -0.464 e. The van der Waals surface area contributed by atoms with E-state index < -0.39 is 17.6 Å². The van der Waals surface area contributed by atoms with Crippen LogP contribution < -0.4 is 11.2 Å². The number of carbonyl (C=O) groups excluding carboxylic acids is 1. The van der Waals surface area contributed by atoms with Gasteiger partial charge in [-0.1, -0.05) is 44.2 Å². The molecule has 0 amide bonds. The monoisotopic (exact) mass is 464 g/mol. The molecule has 3 aromatic heterocycles. The van der Waals surface area contributed by atoms with Crippen LogP contribution in [0.1, 0.15) is 45.2 Å². The molecule has 0 radical (unpaired) electrons. The van der Waals surface area contributed by atoms with Crippen LogP contribution in [0.2, 0.25) is 0 Å². The molecule has 1 unspecified atom stereocenters. The van der Waals surface area contributed by atoms with Crippen molar-refractivity contribution in [2.75, 3.05) is 6.61 Å². The molecule has 0 saturated carbocycles. The number of nitrogens with one attached hydrogen (secondary N) is 1. The van der Waals surface area contributed by atoms with Gasteiger partial charge in [0.1, 0.15) is 11.3 Å². The van der Waals surface area contributed by atoms with Gasteiger partial charge < -0.3 is 9.72 Å². The highest BCUT2D eigenvalue weighted by Crippen LogP contribution is 2.24. The molecule has 178 valence electrons. The fourth-order valence-corrected chi connectivity index (χ4v) is 4.00. The molecule has 1 N–H and O–H groups in total. The topological polar surface area (TPSA) is 117 Å². The highest BCUT2D eigenvalue weighted by molar-refractivity contribution is 5.78. The second-order valence-corrected chi connectivity index (χ2v) is 7.95. The highest BCUT2D eigenvalue weighted by Gasteiger charge is 2.26. The molecular weight excluding hydrogens is 436 g/mol. The molecule has 0 aliphatic carbocycles. The Bertz CT molecular complexity index is 1410. The van der Waals surface area contributed by atoms with Crippen molar-refractivity contribution in [3.63, 3.8) is 0 Å². The molecule has 0 spiro atoms. The summed E-state index contributed by atoms with van der Waals surface area (Å²) in [6.07, 6.45) is 4.63. The van der Waals surface area contributed by atoms with Gasteiger partial charge in [-0.15, -0.1) is 0 Å². The van der Waals surface area contributed by atoms with Gasteiger partial charge in [0.25, 0.3) is 5.56 Å². The summed E-state index contributed by atoms with van der Waals surface area (Å²) in [7, 11) is 0. The maximum absolute atomic E-state index is 13.0. The number of ether oxygens (including phenoxy) is 1. The zero-order valence-electron chi connectivity index (χ0n) is 19.5. The lowest BCUT2D eigenvalue weighted by Crippen LogP contribution is -2.40. The molecule has 3 heterocycles. The molecule has 0 fully saturated rings. The van der Waals surface area contributed by atoms with Crippen LogP contribution >= 0.6 is 0 Å². The summed E-state index contributed by atoms with van der Waals surface area (Å²) >= 11 is 0. The molecule has 1 aromatic carbocycles. The van der Waals surface area contributed by atoms with E-state index in [2.05, 4.69) is 15.1 Å². The summed E-state index contributed by atoms with van der Waals surface area (Å²) in [5.41, 5.74) is 1.15.